The third-order valence-electron chi connectivity index (χ3n) is 4.45. The lowest BCUT2D eigenvalue weighted by atomic mass is 10.0. The van der Waals surface area contributed by atoms with Gasteiger partial charge in [0.05, 0.1) is 17.8 Å². The Bertz CT molecular complexity index is 613. The predicted octanol–water partition coefficient (Wildman–Crippen LogP) is 3.68. The summed E-state index contributed by atoms with van der Waals surface area (Å²) in [5, 5.41) is 3.07. The van der Waals surface area contributed by atoms with E-state index in [9.17, 15) is 9.59 Å². The normalized spacial score (nSPS) is 15.0. The number of ketones is 1. The van der Waals surface area contributed by atoms with Crippen LogP contribution < -0.4 is 10.1 Å². The van der Waals surface area contributed by atoms with E-state index in [0.29, 0.717) is 29.3 Å². The molecule has 25 heavy (non-hydrogen) atoms. The summed E-state index contributed by atoms with van der Waals surface area (Å²) in [6.07, 6.45) is 5.60. The number of methoxy groups -OCH3 is 1. The van der Waals surface area contributed by atoms with Gasteiger partial charge < -0.3 is 15.0 Å². The molecular formula is C19H27ClN2O3. The molecule has 6 heteroatoms. The predicted molar refractivity (Wildman–Crippen MR) is 101 cm³/mol. The molecule has 1 saturated heterocycles. The molecule has 1 aromatic carbocycles. The molecule has 1 N–H and O–H groups in total. The average molecular weight is 367 g/mol. The maximum atomic E-state index is 12.3. The third kappa shape index (κ3) is 6.33. The lowest BCUT2D eigenvalue weighted by Gasteiger charge is -2.26. The van der Waals surface area contributed by atoms with Crippen LogP contribution in [0.5, 0.6) is 5.75 Å². The Labute approximate surface area is 154 Å². The number of hydrogen-bond donors (Lipinski definition) is 1. The lowest BCUT2D eigenvalue weighted by molar-refractivity contribution is -0.118. The molecule has 0 aromatic heterocycles. The van der Waals surface area contributed by atoms with Crippen molar-refractivity contribution in [3.63, 3.8) is 0 Å². The number of amides is 1. The summed E-state index contributed by atoms with van der Waals surface area (Å²) in [5.74, 6) is 0.543. The van der Waals surface area contributed by atoms with E-state index < -0.39 is 0 Å². The van der Waals surface area contributed by atoms with Crippen molar-refractivity contribution in [1.82, 2.24) is 4.90 Å². The molecule has 0 aliphatic carbocycles. The minimum atomic E-state index is -0.203. The van der Waals surface area contributed by atoms with Crippen LogP contribution in [0.3, 0.4) is 0 Å². The van der Waals surface area contributed by atoms with E-state index in [0.717, 1.165) is 31.6 Å². The second-order valence-electron chi connectivity index (χ2n) is 6.55. The summed E-state index contributed by atoms with van der Waals surface area (Å²) in [5.41, 5.74) is 1.25. The fourth-order valence-electron chi connectivity index (χ4n) is 3.19. The molecule has 2 rings (SSSR count). The summed E-state index contributed by atoms with van der Waals surface area (Å²) in [6, 6.07) is 3.37. The average Bonchev–Trinajstić information content (AvgIpc) is 2.58. The number of nitrogens with one attached hydrogen (secondary N) is 1. The first kappa shape index (κ1) is 19.7. The number of Topliss-reactive ketones (excluding diaryl/α,β-unsaturated/α-hetero) is 1. The lowest BCUT2D eigenvalue weighted by Crippen LogP contribution is -2.30. The molecule has 1 aliphatic heterocycles. The number of benzene rings is 1. The summed E-state index contributed by atoms with van der Waals surface area (Å²) < 4.78 is 5.35. The first-order chi connectivity index (χ1) is 12.0. The summed E-state index contributed by atoms with van der Waals surface area (Å²) in [4.78, 5) is 26.0. The second-order valence-corrected chi connectivity index (χ2v) is 6.95. The monoisotopic (exact) mass is 366 g/mol. The number of likely N-dealkylation sites (tertiary alicyclic amines) is 1. The molecule has 0 atom stereocenters. The fraction of sp³-hybridized carbons (Fsp3) is 0.579. The zero-order valence-electron chi connectivity index (χ0n) is 15.1. The maximum Gasteiger partial charge on any atom is 0.221 e. The van der Waals surface area contributed by atoms with Crippen LogP contribution in [0.15, 0.2) is 12.1 Å². The van der Waals surface area contributed by atoms with Crippen molar-refractivity contribution >= 4 is 29.0 Å². The number of nitrogens with zero attached hydrogens (tertiary/aromatic N) is 1. The highest BCUT2D eigenvalue weighted by Gasteiger charge is 2.15. The molecular weight excluding hydrogens is 340 g/mol. The van der Waals surface area contributed by atoms with Crippen molar-refractivity contribution in [2.24, 2.45) is 0 Å². The smallest absolute Gasteiger partial charge is 0.221 e. The van der Waals surface area contributed by atoms with E-state index in [-0.39, 0.29) is 11.7 Å². The number of ether oxygens (including phenoxy) is 1. The van der Waals surface area contributed by atoms with Crippen LogP contribution in [0.1, 0.15) is 44.6 Å². The van der Waals surface area contributed by atoms with Gasteiger partial charge in [-0.15, -0.1) is 0 Å². The molecule has 1 aromatic rings. The highest BCUT2D eigenvalue weighted by atomic mass is 35.5. The van der Waals surface area contributed by atoms with Crippen molar-refractivity contribution < 1.29 is 14.3 Å². The Hall–Kier alpha value is -1.59. The van der Waals surface area contributed by atoms with Crippen LogP contribution in [0.25, 0.3) is 0 Å². The largest absolute Gasteiger partial charge is 0.496 e. The van der Waals surface area contributed by atoms with Gasteiger partial charge in [-0.25, -0.2) is 0 Å². The Kier molecular flexibility index (Phi) is 7.72. The van der Waals surface area contributed by atoms with Crippen LogP contribution in [0.2, 0.25) is 5.02 Å². The molecule has 138 valence electrons. The standard InChI is InChI=1S/C19H27ClN2O3/c1-14(23)21-18-13-19(25-2)15(12-17(18)20)11-16(24)7-6-10-22-8-4-3-5-9-22/h12-13H,3-11H2,1-2H3,(H,21,23). The topological polar surface area (TPSA) is 58.6 Å². The Morgan fingerprint density at radius 3 is 2.60 bits per heavy atom. The van der Waals surface area contributed by atoms with Crippen molar-refractivity contribution in [2.45, 2.75) is 45.4 Å². The Balaban J connectivity index is 1.90. The van der Waals surface area contributed by atoms with E-state index in [4.69, 9.17) is 16.3 Å². The zero-order valence-corrected chi connectivity index (χ0v) is 15.8. The van der Waals surface area contributed by atoms with E-state index in [1.165, 1.54) is 26.2 Å². The van der Waals surface area contributed by atoms with E-state index in [1.807, 2.05) is 0 Å². The van der Waals surface area contributed by atoms with Crippen LogP contribution in [-0.4, -0.2) is 43.3 Å². The van der Waals surface area contributed by atoms with Gasteiger partial charge in [-0.2, -0.15) is 0 Å². The maximum absolute atomic E-state index is 12.3. The number of halogens is 1. The van der Waals surface area contributed by atoms with Gasteiger partial charge in [0.2, 0.25) is 5.91 Å². The van der Waals surface area contributed by atoms with Gasteiger partial charge in [-0.1, -0.05) is 18.0 Å². The molecule has 1 amide bonds. The van der Waals surface area contributed by atoms with Crippen LogP contribution in [-0.2, 0) is 16.0 Å². The van der Waals surface area contributed by atoms with Gasteiger partial charge in [0.25, 0.3) is 0 Å². The van der Waals surface area contributed by atoms with Crippen molar-refractivity contribution in [2.75, 3.05) is 32.1 Å². The summed E-state index contributed by atoms with van der Waals surface area (Å²) >= 11 is 6.20. The molecule has 1 aliphatic rings. The van der Waals surface area contributed by atoms with Crippen molar-refractivity contribution in [3.05, 3.63) is 22.7 Å². The second kappa shape index (κ2) is 9.78. The molecule has 0 bridgehead atoms. The molecule has 1 heterocycles. The Morgan fingerprint density at radius 2 is 1.96 bits per heavy atom. The number of piperidine rings is 1. The van der Waals surface area contributed by atoms with E-state index >= 15 is 0 Å². The van der Waals surface area contributed by atoms with Crippen LogP contribution >= 0.6 is 11.6 Å². The number of carbonyl (C=O) groups excluding carboxylic acids is 2. The Morgan fingerprint density at radius 1 is 1.24 bits per heavy atom. The first-order valence-corrected chi connectivity index (χ1v) is 9.25. The minimum absolute atomic E-state index is 0.179. The SMILES string of the molecule is COc1cc(NC(C)=O)c(Cl)cc1CC(=O)CCCN1CCCCC1. The fourth-order valence-corrected chi connectivity index (χ4v) is 3.43. The van der Waals surface area contributed by atoms with E-state index in [1.54, 1.807) is 19.2 Å². The van der Waals surface area contributed by atoms with Crippen molar-refractivity contribution in [3.8, 4) is 5.75 Å². The number of rotatable bonds is 8. The number of carbonyl (C=O) groups is 2. The highest BCUT2D eigenvalue weighted by Crippen LogP contribution is 2.31. The number of anilines is 1. The van der Waals surface area contributed by atoms with Gasteiger partial charge in [0.15, 0.2) is 0 Å². The van der Waals surface area contributed by atoms with E-state index in [2.05, 4.69) is 10.2 Å². The van der Waals surface area contributed by atoms with Crippen LogP contribution in [0, 0.1) is 0 Å². The number of hydrogen-bond acceptors (Lipinski definition) is 4. The summed E-state index contributed by atoms with van der Waals surface area (Å²) in [7, 11) is 1.55. The van der Waals surface area contributed by atoms with Gasteiger partial charge >= 0.3 is 0 Å². The molecule has 5 nitrogen and oxygen atoms in total. The third-order valence-corrected chi connectivity index (χ3v) is 4.76. The first-order valence-electron chi connectivity index (χ1n) is 8.87. The molecule has 0 saturated carbocycles. The van der Waals surface area contributed by atoms with Crippen molar-refractivity contribution in [1.29, 1.82) is 0 Å². The highest BCUT2D eigenvalue weighted by molar-refractivity contribution is 6.33. The zero-order chi connectivity index (χ0) is 18.2. The molecule has 0 radical (unpaired) electrons. The van der Waals surface area contributed by atoms with Gasteiger partial charge in [-0.05, 0) is 45.0 Å². The minimum Gasteiger partial charge on any atom is -0.496 e. The molecule has 1 fully saturated rings. The summed E-state index contributed by atoms with van der Waals surface area (Å²) in [6.45, 7) is 4.72. The van der Waals surface area contributed by atoms with Gasteiger partial charge in [0.1, 0.15) is 11.5 Å². The molecule has 0 unspecified atom stereocenters. The molecule has 0 spiro atoms. The van der Waals surface area contributed by atoms with Gasteiger partial charge in [0, 0.05) is 31.4 Å². The van der Waals surface area contributed by atoms with Crippen LogP contribution in [0.4, 0.5) is 5.69 Å². The van der Waals surface area contributed by atoms with Gasteiger partial charge in [-0.3, -0.25) is 9.59 Å². The quantitative estimate of drug-likeness (QED) is 0.762.